The molecule has 2 aliphatic rings. The summed E-state index contributed by atoms with van der Waals surface area (Å²) in [5.74, 6) is -0.989. The van der Waals surface area contributed by atoms with Crippen molar-refractivity contribution in [3.8, 4) is 0 Å². The minimum absolute atomic E-state index is 0.128. The van der Waals surface area contributed by atoms with E-state index in [9.17, 15) is 18.0 Å². The zero-order valence-corrected chi connectivity index (χ0v) is 19.0. The van der Waals surface area contributed by atoms with Crippen molar-refractivity contribution < 1.29 is 27.6 Å². The second kappa shape index (κ2) is 8.65. The SMILES string of the molecule is CCOC(=O)C[C@@H]1C(=O)Nc2c(C)ccc(C)c2[C@@H]2C[C@@H](S(=O)(=O)c3ccccc3)ON12. The number of benzene rings is 2. The minimum Gasteiger partial charge on any atom is -0.466 e. The van der Waals surface area contributed by atoms with E-state index in [2.05, 4.69) is 5.32 Å². The molecule has 0 saturated carbocycles. The monoisotopic (exact) mass is 458 g/mol. The van der Waals surface area contributed by atoms with Gasteiger partial charge in [-0.25, -0.2) is 8.42 Å². The number of hydroxylamine groups is 2. The van der Waals surface area contributed by atoms with Crippen molar-refractivity contribution in [2.24, 2.45) is 0 Å². The van der Waals surface area contributed by atoms with Gasteiger partial charge in [-0.3, -0.25) is 14.4 Å². The number of hydrogen-bond donors (Lipinski definition) is 1. The maximum Gasteiger partial charge on any atom is 0.308 e. The molecule has 0 aliphatic carbocycles. The Labute approximate surface area is 187 Å². The minimum atomic E-state index is -3.83. The molecular weight excluding hydrogens is 432 g/mol. The van der Waals surface area contributed by atoms with Crippen LogP contribution in [0.3, 0.4) is 0 Å². The summed E-state index contributed by atoms with van der Waals surface area (Å²) < 4.78 is 31.6. The number of aryl methyl sites for hydroxylation is 2. The highest BCUT2D eigenvalue weighted by Gasteiger charge is 2.50. The molecule has 0 spiro atoms. The number of hydrogen-bond acceptors (Lipinski definition) is 7. The fraction of sp³-hybridized carbons (Fsp3) is 0.391. The van der Waals surface area contributed by atoms with E-state index in [0.29, 0.717) is 5.69 Å². The zero-order chi connectivity index (χ0) is 23.0. The fourth-order valence-electron chi connectivity index (χ4n) is 4.33. The van der Waals surface area contributed by atoms with Crippen LogP contribution in [-0.2, 0) is 29.0 Å². The van der Waals surface area contributed by atoms with Gasteiger partial charge in [-0.05, 0) is 49.6 Å². The largest absolute Gasteiger partial charge is 0.466 e. The topological polar surface area (TPSA) is 102 Å². The van der Waals surface area contributed by atoms with Crippen LogP contribution in [-0.4, -0.2) is 43.4 Å². The first-order chi connectivity index (χ1) is 15.2. The summed E-state index contributed by atoms with van der Waals surface area (Å²) in [5, 5.41) is 4.31. The van der Waals surface area contributed by atoms with Gasteiger partial charge in [-0.15, -0.1) is 0 Å². The molecule has 2 aliphatic heterocycles. The van der Waals surface area contributed by atoms with Gasteiger partial charge in [0.05, 0.1) is 24.0 Å². The molecular formula is C23H26N2O6S. The lowest BCUT2D eigenvalue weighted by Crippen LogP contribution is -2.43. The van der Waals surface area contributed by atoms with Gasteiger partial charge in [0, 0.05) is 12.1 Å². The molecule has 0 bridgehead atoms. The van der Waals surface area contributed by atoms with Gasteiger partial charge in [0.1, 0.15) is 6.04 Å². The van der Waals surface area contributed by atoms with E-state index in [1.54, 1.807) is 25.1 Å². The maximum atomic E-state index is 13.3. The van der Waals surface area contributed by atoms with Gasteiger partial charge in [-0.1, -0.05) is 30.3 Å². The molecule has 0 aromatic heterocycles. The fourth-order valence-corrected chi connectivity index (χ4v) is 5.82. The van der Waals surface area contributed by atoms with E-state index in [1.165, 1.54) is 17.2 Å². The average molecular weight is 459 g/mol. The Morgan fingerprint density at radius 3 is 2.53 bits per heavy atom. The summed E-state index contributed by atoms with van der Waals surface area (Å²) in [6.07, 6.45) is -0.122. The van der Waals surface area contributed by atoms with Crippen LogP contribution in [0.1, 0.15) is 42.5 Å². The van der Waals surface area contributed by atoms with Crippen LogP contribution in [0.25, 0.3) is 0 Å². The molecule has 2 aromatic carbocycles. The smallest absolute Gasteiger partial charge is 0.308 e. The molecule has 8 nitrogen and oxygen atoms in total. The summed E-state index contributed by atoms with van der Waals surface area (Å²) in [4.78, 5) is 31.5. The van der Waals surface area contributed by atoms with Gasteiger partial charge in [0.15, 0.2) is 5.44 Å². The molecule has 9 heteroatoms. The highest BCUT2D eigenvalue weighted by atomic mass is 32.2. The van der Waals surface area contributed by atoms with Gasteiger partial charge in [-0.2, -0.15) is 5.06 Å². The van der Waals surface area contributed by atoms with Crippen molar-refractivity contribution in [3.63, 3.8) is 0 Å². The van der Waals surface area contributed by atoms with Crippen molar-refractivity contribution in [2.75, 3.05) is 11.9 Å². The van der Waals surface area contributed by atoms with E-state index >= 15 is 0 Å². The summed E-state index contributed by atoms with van der Waals surface area (Å²) in [7, 11) is -3.83. The van der Waals surface area contributed by atoms with Crippen molar-refractivity contribution in [2.45, 2.75) is 56.0 Å². The molecule has 4 rings (SSSR count). The number of esters is 1. The van der Waals surface area contributed by atoms with Crippen LogP contribution >= 0.6 is 0 Å². The third-order valence-corrected chi connectivity index (χ3v) is 7.81. The molecule has 2 aromatic rings. The third-order valence-electron chi connectivity index (χ3n) is 5.91. The predicted molar refractivity (Wildman–Crippen MR) is 117 cm³/mol. The number of nitrogens with zero attached hydrogens (tertiary/aromatic N) is 1. The predicted octanol–water partition coefficient (Wildman–Crippen LogP) is 3.06. The van der Waals surface area contributed by atoms with E-state index in [0.717, 1.165) is 16.7 Å². The summed E-state index contributed by atoms with van der Waals surface area (Å²) >= 11 is 0. The van der Waals surface area contributed by atoms with Gasteiger partial charge in [0.25, 0.3) is 0 Å². The van der Waals surface area contributed by atoms with Crippen LogP contribution in [0, 0.1) is 13.8 Å². The van der Waals surface area contributed by atoms with Crippen LogP contribution in [0.15, 0.2) is 47.4 Å². The number of sulfone groups is 1. The molecule has 3 atom stereocenters. The summed E-state index contributed by atoms with van der Waals surface area (Å²) in [5.41, 5.74) is 2.01. The Balaban J connectivity index is 1.79. The quantitative estimate of drug-likeness (QED) is 0.687. The molecule has 0 radical (unpaired) electrons. The molecule has 32 heavy (non-hydrogen) atoms. The Morgan fingerprint density at radius 1 is 1.16 bits per heavy atom. The van der Waals surface area contributed by atoms with E-state index in [1.807, 2.05) is 26.0 Å². The number of amides is 1. The first kappa shape index (κ1) is 22.4. The Bertz CT molecular complexity index is 1150. The first-order valence-electron chi connectivity index (χ1n) is 10.5. The van der Waals surface area contributed by atoms with E-state index < -0.39 is 39.2 Å². The lowest BCUT2D eigenvalue weighted by Gasteiger charge is -2.27. The average Bonchev–Trinajstić information content (AvgIpc) is 3.16. The van der Waals surface area contributed by atoms with E-state index in [4.69, 9.17) is 9.57 Å². The zero-order valence-electron chi connectivity index (χ0n) is 18.2. The Hall–Kier alpha value is -2.75. The Kier molecular flexibility index (Phi) is 6.07. The second-order valence-corrected chi connectivity index (χ2v) is 10.1. The highest BCUT2D eigenvalue weighted by Crippen LogP contribution is 2.46. The van der Waals surface area contributed by atoms with Crippen molar-refractivity contribution in [3.05, 3.63) is 59.2 Å². The standard InChI is InChI=1S/C23H26N2O6S/c1-4-30-19(26)12-18-23(27)24-22-15(3)11-10-14(2)21(22)17-13-20(31-25(17)18)32(28,29)16-8-6-5-7-9-16/h5-11,17-18,20H,4,12-13H2,1-3H3,(H,24,27)/t17-,18+,20+/m0/s1. The second-order valence-electron chi connectivity index (χ2n) is 8.01. The summed E-state index contributed by atoms with van der Waals surface area (Å²) in [6.45, 7) is 5.65. The molecule has 2 heterocycles. The van der Waals surface area contributed by atoms with Crippen molar-refractivity contribution in [1.29, 1.82) is 0 Å². The number of nitrogens with one attached hydrogen (secondary N) is 1. The maximum absolute atomic E-state index is 13.3. The molecule has 1 N–H and O–H groups in total. The van der Waals surface area contributed by atoms with Crippen LogP contribution in [0.5, 0.6) is 0 Å². The van der Waals surface area contributed by atoms with Crippen LogP contribution in [0.2, 0.25) is 0 Å². The third kappa shape index (κ3) is 3.92. The van der Waals surface area contributed by atoms with Crippen molar-refractivity contribution >= 4 is 27.4 Å². The molecule has 1 fully saturated rings. The lowest BCUT2D eigenvalue weighted by atomic mass is 9.94. The highest BCUT2D eigenvalue weighted by molar-refractivity contribution is 7.92. The number of fused-ring (bicyclic) bond motifs is 3. The number of anilines is 1. The summed E-state index contributed by atoms with van der Waals surface area (Å²) in [6, 6.07) is 10.4. The normalized spacial score (nSPS) is 23.1. The van der Waals surface area contributed by atoms with Gasteiger partial charge < -0.3 is 10.1 Å². The first-order valence-corrected chi connectivity index (χ1v) is 12.1. The lowest BCUT2D eigenvalue weighted by molar-refractivity contribution is -0.184. The van der Waals surface area contributed by atoms with E-state index in [-0.39, 0.29) is 24.3 Å². The van der Waals surface area contributed by atoms with Crippen LogP contribution in [0.4, 0.5) is 5.69 Å². The number of ether oxygens (including phenoxy) is 1. The number of carbonyl (C=O) groups excluding carboxylic acids is 2. The molecule has 0 unspecified atom stereocenters. The Morgan fingerprint density at radius 2 is 1.84 bits per heavy atom. The molecule has 170 valence electrons. The van der Waals surface area contributed by atoms with Gasteiger partial charge in [0.2, 0.25) is 15.7 Å². The van der Waals surface area contributed by atoms with Crippen molar-refractivity contribution in [1.82, 2.24) is 5.06 Å². The number of carbonyl (C=O) groups is 2. The molecule has 1 amide bonds. The number of rotatable bonds is 5. The van der Waals surface area contributed by atoms with Crippen LogP contribution < -0.4 is 5.32 Å². The molecule has 1 saturated heterocycles. The van der Waals surface area contributed by atoms with Gasteiger partial charge >= 0.3 is 5.97 Å².